The highest BCUT2D eigenvalue weighted by Crippen LogP contribution is 2.27. The van der Waals surface area contributed by atoms with E-state index in [9.17, 15) is 0 Å². The number of unbranched alkanes of at least 4 members (excludes halogenated alkanes) is 1. The summed E-state index contributed by atoms with van der Waals surface area (Å²) in [6.45, 7) is 5.67. The summed E-state index contributed by atoms with van der Waals surface area (Å²) >= 11 is 2.23. The summed E-state index contributed by atoms with van der Waals surface area (Å²) in [4.78, 5) is 0. The summed E-state index contributed by atoms with van der Waals surface area (Å²) in [5.74, 6) is 1.36. The van der Waals surface area contributed by atoms with Gasteiger partial charge in [-0.25, -0.2) is 0 Å². The quantitative estimate of drug-likeness (QED) is 0.701. The van der Waals surface area contributed by atoms with Crippen molar-refractivity contribution in [3.05, 3.63) is 0 Å². The fourth-order valence-corrected chi connectivity index (χ4v) is 4.08. The van der Waals surface area contributed by atoms with Gasteiger partial charge in [0.15, 0.2) is 0 Å². The van der Waals surface area contributed by atoms with Gasteiger partial charge in [0.2, 0.25) is 0 Å². The second kappa shape index (κ2) is 9.35. The Kier molecular flexibility index (Phi) is 8.40. The molecule has 0 amide bonds. The summed E-state index contributed by atoms with van der Waals surface area (Å²) in [6, 6.07) is 0.784. The molecule has 0 spiro atoms. The monoisotopic (exact) mass is 243 g/mol. The maximum atomic E-state index is 3.71. The first-order valence-electron chi connectivity index (χ1n) is 7.23. The van der Waals surface area contributed by atoms with Gasteiger partial charge in [-0.05, 0) is 31.6 Å². The van der Waals surface area contributed by atoms with Crippen LogP contribution in [0.5, 0.6) is 0 Å². The molecule has 1 saturated carbocycles. The summed E-state index contributed by atoms with van der Waals surface area (Å²) in [5, 5.41) is 4.59. The van der Waals surface area contributed by atoms with Gasteiger partial charge in [0.25, 0.3) is 0 Å². The topological polar surface area (TPSA) is 12.0 Å². The van der Waals surface area contributed by atoms with Crippen LogP contribution < -0.4 is 5.32 Å². The molecule has 2 atom stereocenters. The first-order valence-corrected chi connectivity index (χ1v) is 8.28. The van der Waals surface area contributed by atoms with Crippen molar-refractivity contribution in [3.63, 3.8) is 0 Å². The predicted molar refractivity (Wildman–Crippen MR) is 76.3 cm³/mol. The lowest BCUT2D eigenvalue weighted by molar-refractivity contribution is 0.406. The van der Waals surface area contributed by atoms with Gasteiger partial charge in [-0.2, -0.15) is 11.8 Å². The molecule has 0 aromatic rings. The summed E-state index contributed by atoms with van der Waals surface area (Å²) in [6.07, 6.45) is 11.4. The van der Waals surface area contributed by atoms with E-state index < -0.39 is 0 Å². The Labute approximate surface area is 106 Å². The molecule has 1 aliphatic carbocycles. The van der Waals surface area contributed by atoms with Gasteiger partial charge >= 0.3 is 0 Å². The number of nitrogens with one attached hydrogen (secondary N) is 1. The zero-order valence-corrected chi connectivity index (χ0v) is 12.0. The zero-order chi connectivity index (χ0) is 11.6. The van der Waals surface area contributed by atoms with Crippen molar-refractivity contribution in [2.75, 3.05) is 12.3 Å². The Balaban J connectivity index is 2.36. The van der Waals surface area contributed by atoms with Crippen LogP contribution in [-0.2, 0) is 0 Å². The molecular weight excluding hydrogens is 214 g/mol. The lowest BCUT2D eigenvalue weighted by Crippen LogP contribution is -2.39. The van der Waals surface area contributed by atoms with Crippen molar-refractivity contribution in [2.24, 2.45) is 0 Å². The molecule has 2 heteroatoms. The molecule has 1 nitrogen and oxygen atoms in total. The maximum absolute atomic E-state index is 3.71. The number of hydrogen-bond acceptors (Lipinski definition) is 2. The van der Waals surface area contributed by atoms with Crippen LogP contribution in [-0.4, -0.2) is 23.6 Å². The van der Waals surface area contributed by atoms with Gasteiger partial charge in [-0.3, -0.25) is 0 Å². The second-order valence-corrected chi connectivity index (χ2v) is 6.27. The summed E-state index contributed by atoms with van der Waals surface area (Å²) < 4.78 is 0. The first-order chi connectivity index (χ1) is 7.88. The van der Waals surface area contributed by atoms with Crippen molar-refractivity contribution >= 4 is 11.8 Å². The Morgan fingerprint density at radius 3 is 2.50 bits per heavy atom. The fourth-order valence-electron chi connectivity index (χ4n) is 2.52. The van der Waals surface area contributed by atoms with Gasteiger partial charge in [0, 0.05) is 11.3 Å². The highest BCUT2D eigenvalue weighted by Gasteiger charge is 2.21. The first kappa shape index (κ1) is 14.4. The summed E-state index contributed by atoms with van der Waals surface area (Å²) in [5.41, 5.74) is 0. The summed E-state index contributed by atoms with van der Waals surface area (Å²) in [7, 11) is 0. The molecule has 1 N–H and O–H groups in total. The van der Waals surface area contributed by atoms with Gasteiger partial charge in [-0.15, -0.1) is 0 Å². The molecule has 0 aromatic heterocycles. The Morgan fingerprint density at radius 1 is 1.06 bits per heavy atom. The zero-order valence-electron chi connectivity index (χ0n) is 11.1. The average molecular weight is 243 g/mol. The third-order valence-corrected chi connectivity index (χ3v) is 5.02. The Hall–Kier alpha value is 0.310. The highest BCUT2D eigenvalue weighted by molar-refractivity contribution is 7.99. The maximum Gasteiger partial charge on any atom is 0.0201 e. The molecule has 0 heterocycles. The number of rotatable bonds is 6. The fraction of sp³-hybridized carbons (Fsp3) is 1.00. The third kappa shape index (κ3) is 5.58. The molecule has 0 saturated heterocycles. The lowest BCUT2D eigenvalue weighted by Gasteiger charge is -2.29. The van der Waals surface area contributed by atoms with Crippen LogP contribution in [0, 0.1) is 0 Å². The van der Waals surface area contributed by atoms with E-state index in [4.69, 9.17) is 0 Å². The largest absolute Gasteiger partial charge is 0.313 e. The van der Waals surface area contributed by atoms with E-state index in [1.165, 1.54) is 57.1 Å². The lowest BCUT2D eigenvalue weighted by atomic mass is 9.96. The van der Waals surface area contributed by atoms with E-state index >= 15 is 0 Å². The minimum atomic E-state index is 0.784. The molecule has 0 radical (unpaired) electrons. The number of thioether (sulfide) groups is 1. The predicted octanol–water partition coefficient (Wildman–Crippen LogP) is 4.22. The molecule has 2 unspecified atom stereocenters. The van der Waals surface area contributed by atoms with E-state index in [2.05, 4.69) is 30.9 Å². The van der Waals surface area contributed by atoms with E-state index in [-0.39, 0.29) is 0 Å². The van der Waals surface area contributed by atoms with Gasteiger partial charge in [0.05, 0.1) is 0 Å². The molecular formula is C14H29NS. The molecule has 16 heavy (non-hydrogen) atoms. The molecule has 96 valence electrons. The number of hydrogen-bond donors (Lipinski definition) is 1. The van der Waals surface area contributed by atoms with Crippen molar-refractivity contribution in [2.45, 2.75) is 76.5 Å². The Morgan fingerprint density at radius 2 is 1.81 bits per heavy atom. The second-order valence-electron chi connectivity index (χ2n) is 4.92. The normalized spacial score (nSPS) is 27.4. The van der Waals surface area contributed by atoms with E-state index in [0.29, 0.717) is 0 Å². The highest BCUT2D eigenvalue weighted by atomic mass is 32.2. The minimum Gasteiger partial charge on any atom is -0.313 e. The van der Waals surface area contributed by atoms with Gasteiger partial charge in [-0.1, -0.05) is 46.0 Å². The average Bonchev–Trinajstić information content (AvgIpc) is 2.26. The molecule has 1 rings (SSSR count). The van der Waals surface area contributed by atoms with Crippen LogP contribution in [0.4, 0.5) is 0 Å². The van der Waals surface area contributed by atoms with Crippen molar-refractivity contribution in [3.8, 4) is 0 Å². The third-order valence-electron chi connectivity index (χ3n) is 3.50. The SMILES string of the molecule is CCCCSC1CCCCCCC1NCC. The van der Waals surface area contributed by atoms with Crippen LogP contribution in [0.3, 0.4) is 0 Å². The van der Waals surface area contributed by atoms with Gasteiger partial charge in [0.1, 0.15) is 0 Å². The van der Waals surface area contributed by atoms with Crippen molar-refractivity contribution in [1.82, 2.24) is 5.32 Å². The molecule has 1 fully saturated rings. The molecule has 0 aromatic carbocycles. The van der Waals surface area contributed by atoms with Crippen molar-refractivity contribution in [1.29, 1.82) is 0 Å². The van der Waals surface area contributed by atoms with E-state index in [1.54, 1.807) is 0 Å². The minimum absolute atomic E-state index is 0.784. The van der Waals surface area contributed by atoms with Crippen LogP contribution >= 0.6 is 11.8 Å². The van der Waals surface area contributed by atoms with Gasteiger partial charge < -0.3 is 5.32 Å². The molecule has 0 aliphatic heterocycles. The van der Waals surface area contributed by atoms with E-state index in [0.717, 1.165) is 17.8 Å². The van der Waals surface area contributed by atoms with Crippen LogP contribution in [0.15, 0.2) is 0 Å². The van der Waals surface area contributed by atoms with Crippen LogP contribution in [0.25, 0.3) is 0 Å². The van der Waals surface area contributed by atoms with Crippen molar-refractivity contribution < 1.29 is 0 Å². The van der Waals surface area contributed by atoms with Crippen LogP contribution in [0.1, 0.15) is 65.2 Å². The smallest absolute Gasteiger partial charge is 0.0201 e. The Bertz CT molecular complexity index is 161. The molecule has 0 bridgehead atoms. The van der Waals surface area contributed by atoms with E-state index in [1.807, 2.05) is 0 Å². The van der Waals surface area contributed by atoms with Crippen LogP contribution in [0.2, 0.25) is 0 Å². The standard InChI is InChI=1S/C14H29NS/c1-3-5-12-16-14-11-9-7-6-8-10-13(14)15-4-2/h13-15H,3-12H2,1-2H3. The molecule has 1 aliphatic rings.